The molecule has 7 heteroatoms. The zero-order chi connectivity index (χ0) is 17.5. The molecule has 2 unspecified atom stereocenters. The van der Waals surface area contributed by atoms with E-state index in [0.717, 1.165) is 24.2 Å². The number of imide groups is 1. The third-order valence-electron chi connectivity index (χ3n) is 4.88. The number of fused-ring (bicyclic) bond motifs is 1. The fraction of sp³-hybridized carbons (Fsp3) is 0.529. The molecule has 1 aromatic rings. The van der Waals surface area contributed by atoms with Crippen molar-refractivity contribution in [3.63, 3.8) is 0 Å². The van der Waals surface area contributed by atoms with Gasteiger partial charge in [-0.2, -0.15) is 4.31 Å². The van der Waals surface area contributed by atoms with Gasteiger partial charge in [-0.25, -0.2) is 8.42 Å². The molecule has 24 heavy (non-hydrogen) atoms. The van der Waals surface area contributed by atoms with Gasteiger partial charge in [-0.1, -0.05) is 18.6 Å². The first-order valence-corrected chi connectivity index (χ1v) is 9.90. The Morgan fingerprint density at radius 1 is 1.00 bits per heavy atom. The Morgan fingerprint density at radius 3 is 2.00 bits per heavy atom. The molecule has 2 amide bonds. The summed E-state index contributed by atoms with van der Waals surface area (Å²) in [4.78, 5) is 25.7. The van der Waals surface area contributed by atoms with Crippen LogP contribution in [0, 0.1) is 0 Å². The van der Waals surface area contributed by atoms with Crippen LogP contribution in [0.2, 0.25) is 0 Å². The van der Waals surface area contributed by atoms with Crippen LogP contribution in [0.4, 0.5) is 0 Å². The largest absolute Gasteiger partial charge is 0.273 e. The highest BCUT2D eigenvalue weighted by Gasteiger charge is 2.38. The van der Waals surface area contributed by atoms with E-state index >= 15 is 0 Å². The number of hydrogen-bond acceptors (Lipinski definition) is 4. The first kappa shape index (κ1) is 17.1. The van der Waals surface area contributed by atoms with Crippen molar-refractivity contribution in [3.8, 4) is 0 Å². The third kappa shape index (κ3) is 2.86. The monoisotopic (exact) mass is 350 g/mol. The zero-order valence-electron chi connectivity index (χ0n) is 13.9. The molecule has 2 atom stereocenters. The highest BCUT2D eigenvalue weighted by molar-refractivity contribution is 7.89. The van der Waals surface area contributed by atoms with E-state index in [1.807, 2.05) is 13.8 Å². The minimum atomic E-state index is -3.52. The maximum atomic E-state index is 12.7. The van der Waals surface area contributed by atoms with E-state index in [4.69, 9.17) is 0 Å². The van der Waals surface area contributed by atoms with Gasteiger partial charge in [-0.05, 0) is 38.8 Å². The lowest BCUT2D eigenvalue weighted by molar-refractivity contribution is 0.0663. The molecule has 1 aromatic carbocycles. The topological polar surface area (TPSA) is 74.8 Å². The van der Waals surface area contributed by atoms with Crippen LogP contribution in [0.3, 0.4) is 0 Å². The standard InChI is InChI=1S/C17H22N2O4S/c1-12-6-5-7-13(2)19(12)24(22,23)11-10-18-16(20)14-8-3-4-9-15(14)17(18)21/h3-4,8-9,12-13H,5-7,10-11H2,1-2H3. The van der Waals surface area contributed by atoms with Crippen molar-refractivity contribution in [3.05, 3.63) is 35.4 Å². The van der Waals surface area contributed by atoms with E-state index in [2.05, 4.69) is 0 Å². The fourth-order valence-corrected chi connectivity index (χ4v) is 5.63. The summed E-state index contributed by atoms with van der Waals surface area (Å²) in [5, 5.41) is 0. The Morgan fingerprint density at radius 2 is 1.50 bits per heavy atom. The number of piperidine rings is 1. The van der Waals surface area contributed by atoms with Crippen LogP contribution in [-0.2, 0) is 10.0 Å². The number of amides is 2. The second-order valence-corrected chi connectivity index (χ2v) is 8.58. The molecule has 6 nitrogen and oxygen atoms in total. The van der Waals surface area contributed by atoms with Crippen molar-refractivity contribution in [1.82, 2.24) is 9.21 Å². The molecule has 3 rings (SSSR count). The van der Waals surface area contributed by atoms with E-state index in [0.29, 0.717) is 11.1 Å². The number of carbonyl (C=O) groups is 2. The third-order valence-corrected chi connectivity index (χ3v) is 6.95. The average Bonchev–Trinajstić information content (AvgIpc) is 2.77. The summed E-state index contributed by atoms with van der Waals surface area (Å²) in [6.07, 6.45) is 2.71. The molecular weight excluding hydrogens is 328 g/mol. The molecule has 1 fully saturated rings. The van der Waals surface area contributed by atoms with E-state index in [-0.39, 0.29) is 24.4 Å². The van der Waals surface area contributed by atoms with Gasteiger partial charge in [-0.3, -0.25) is 14.5 Å². The number of rotatable bonds is 4. The first-order chi connectivity index (χ1) is 11.3. The molecule has 0 saturated carbocycles. The van der Waals surface area contributed by atoms with Crippen molar-refractivity contribution in [2.45, 2.75) is 45.2 Å². The Kier molecular flexibility index (Phi) is 4.48. The van der Waals surface area contributed by atoms with Gasteiger partial charge < -0.3 is 0 Å². The molecule has 2 heterocycles. The van der Waals surface area contributed by atoms with Crippen LogP contribution in [0.5, 0.6) is 0 Å². The quantitative estimate of drug-likeness (QED) is 0.777. The molecule has 0 spiro atoms. The summed E-state index contributed by atoms with van der Waals surface area (Å²) in [6, 6.07) is 6.50. The summed E-state index contributed by atoms with van der Waals surface area (Å²) in [7, 11) is -3.52. The average molecular weight is 350 g/mol. The summed E-state index contributed by atoms with van der Waals surface area (Å²) in [5.41, 5.74) is 0.694. The Balaban J connectivity index is 1.74. The highest BCUT2D eigenvalue weighted by atomic mass is 32.2. The van der Waals surface area contributed by atoms with Crippen molar-refractivity contribution in [1.29, 1.82) is 0 Å². The van der Waals surface area contributed by atoms with Crippen molar-refractivity contribution >= 4 is 21.8 Å². The zero-order valence-corrected chi connectivity index (χ0v) is 14.8. The van der Waals surface area contributed by atoms with Crippen LogP contribution in [-0.4, -0.2) is 53.8 Å². The van der Waals surface area contributed by atoms with Gasteiger partial charge in [0.15, 0.2) is 0 Å². The number of nitrogens with zero attached hydrogens (tertiary/aromatic N) is 2. The van der Waals surface area contributed by atoms with Crippen LogP contribution in [0.1, 0.15) is 53.8 Å². The Labute approximate surface area is 142 Å². The van der Waals surface area contributed by atoms with Crippen LogP contribution >= 0.6 is 0 Å². The predicted molar refractivity (Wildman–Crippen MR) is 90.2 cm³/mol. The summed E-state index contributed by atoms with van der Waals surface area (Å²) in [5.74, 6) is -1.05. The lowest BCUT2D eigenvalue weighted by atomic mass is 10.0. The molecular formula is C17H22N2O4S. The van der Waals surface area contributed by atoms with Gasteiger partial charge in [-0.15, -0.1) is 0 Å². The molecule has 2 aliphatic rings. The maximum absolute atomic E-state index is 12.7. The van der Waals surface area contributed by atoms with E-state index in [1.54, 1.807) is 28.6 Å². The lowest BCUT2D eigenvalue weighted by Gasteiger charge is -2.37. The molecule has 0 bridgehead atoms. The fourth-order valence-electron chi connectivity index (χ4n) is 3.70. The Bertz CT molecular complexity index is 730. The van der Waals surface area contributed by atoms with Crippen molar-refractivity contribution < 1.29 is 18.0 Å². The van der Waals surface area contributed by atoms with Gasteiger partial charge in [0, 0.05) is 18.6 Å². The summed E-state index contributed by atoms with van der Waals surface area (Å²) >= 11 is 0. The normalized spacial score (nSPS) is 25.2. The molecule has 0 aliphatic carbocycles. The number of benzene rings is 1. The van der Waals surface area contributed by atoms with Crippen molar-refractivity contribution in [2.24, 2.45) is 0 Å². The SMILES string of the molecule is CC1CCCC(C)N1S(=O)(=O)CCN1C(=O)c2ccccc2C1=O. The Hall–Kier alpha value is -1.73. The maximum Gasteiger partial charge on any atom is 0.261 e. The lowest BCUT2D eigenvalue weighted by Crippen LogP contribution is -2.49. The smallest absolute Gasteiger partial charge is 0.261 e. The predicted octanol–water partition coefficient (Wildman–Crippen LogP) is 1.88. The molecule has 0 radical (unpaired) electrons. The van der Waals surface area contributed by atoms with Crippen LogP contribution in [0.15, 0.2) is 24.3 Å². The van der Waals surface area contributed by atoms with E-state index < -0.39 is 21.8 Å². The number of hydrogen-bond donors (Lipinski definition) is 0. The first-order valence-electron chi connectivity index (χ1n) is 8.29. The summed E-state index contributed by atoms with van der Waals surface area (Å²) < 4.78 is 27.0. The van der Waals surface area contributed by atoms with Gasteiger partial charge in [0.25, 0.3) is 11.8 Å². The van der Waals surface area contributed by atoms with Gasteiger partial charge in [0.05, 0.1) is 16.9 Å². The van der Waals surface area contributed by atoms with Crippen molar-refractivity contribution in [2.75, 3.05) is 12.3 Å². The minimum Gasteiger partial charge on any atom is -0.273 e. The van der Waals surface area contributed by atoms with Crippen LogP contribution in [0.25, 0.3) is 0 Å². The molecule has 130 valence electrons. The van der Waals surface area contributed by atoms with Gasteiger partial charge in [0.1, 0.15) is 0 Å². The second-order valence-electron chi connectivity index (χ2n) is 6.58. The molecule has 2 aliphatic heterocycles. The number of sulfonamides is 1. The number of carbonyl (C=O) groups excluding carboxylic acids is 2. The van der Waals surface area contributed by atoms with E-state index in [1.165, 1.54) is 0 Å². The van der Waals surface area contributed by atoms with Gasteiger partial charge in [0.2, 0.25) is 10.0 Å². The molecule has 0 N–H and O–H groups in total. The highest BCUT2D eigenvalue weighted by Crippen LogP contribution is 2.27. The molecule has 1 saturated heterocycles. The van der Waals surface area contributed by atoms with Gasteiger partial charge >= 0.3 is 0 Å². The van der Waals surface area contributed by atoms with Crippen LogP contribution < -0.4 is 0 Å². The molecule has 0 aromatic heterocycles. The van der Waals surface area contributed by atoms with E-state index in [9.17, 15) is 18.0 Å². The minimum absolute atomic E-state index is 0.0408. The summed E-state index contributed by atoms with van der Waals surface area (Å²) in [6.45, 7) is 3.72. The second kappa shape index (κ2) is 6.29.